The fraction of sp³-hybridized carbons (Fsp3) is 0.250. The molecule has 3 rings (SSSR count). The summed E-state index contributed by atoms with van der Waals surface area (Å²) in [6, 6.07) is 9.03. The highest BCUT2D eigenvalue weighted by atomic mass is 32.2. The lowest BCUT2D eigenvalue weighted by Gasteiger charge is -2.33. The van der Waals surface area contributed by atoms with Crippen molar-refractivity contribution in [1.82, 2.24) is 8.61 Å². The zero-order chi connectivity index (χ0) is 19.8. The Bertz CT molecular complexity index is 1040. The number of rotatable bonds is 4. The highest BCUT2D eigenvalue weighted by Gasteiger charge is 2.34. The quantitative estimate of drug-likeness (QED) is 0.486. The molecule has 9 nitrogen and oxygen atoms in total. The van der Waals surface area contributed by atoms with Crippen molar-refractivity contribution in [3.8, 4) is 11.5 Å². The third-order valence-corrected chi connectivity index (χ3v) is 8.11. The lowest BCUT2D eigenvalue weighted by molar-refractivity contribution is 0.272. The van der Waals surface area contributed by atoms with Crippen molar-refractivity contribution in [3.05, 3.63) is 42.5 Å². The smallest absolute Gasteiger partial charge is 0.243 e. The minimum absolute atomic E-state index is 0.00396. The summed E-state index contributed by atoms with van der Waals surface area (Å²) in [6.45, 7) is -0.0671. The number of nitrogens with zero attached hydrogens (tertiary/aromatic N) is 2. The first-order valence-electron chi connectivity index (χ1n) is 8.00. The SMILES string of the molecule is Nc1ccc(S(=O)(=O)N2CCN(S(=O)(=O)c3ccc(O)c(O)c3)CC2)cc1. The van der Waals surface area contributed by atoms with Crippen LogP contribution in [0.5, 0.6) is 11.5 Å². The summed E-state index contributed by atoms with van der Waals surface area (Å²) in [6.07, 6.45) is 0. The zero-order valence-corrected chi connectivity index (χ0v) is 15.8. The molecule has 2 aromatic rings. The van der Waals surface area contributed by atoms with Gasteiger partial charge in [0.05, 0.1) is 9.79 Å². The van der Waals surface area contributed by atoms with Crippen molar-refractivity contribution in [2.45, 2.75) is 9.79 Å². The van der Waals surface area contributed by atoms with Crippen molar-refractivity contribution < 1.29 is 27.0 Å². The van der Waals surface area contributed by atoms with E-state index in [1.807, 2.05) is 0 Å². The average Bonchev–Trinajstić information content (AvgIpc) is 2.64. The van der Waals surface area contributed by atoms with Crippen LogP contribution in [0.25, 0.3) is 0 Å². The van der Waals surface area contributed by atoms with Crippen LogP contribution in [0.2, 0.25) is 0 Å². The highest BCUT2D eigenvalue weighted by molar-refractivity contribution is 7.89. The summed E-state index contributed by atoms with van der Waals surface area (Å²) in [7, 11) is -7.66. The summed E-state index contributed by atoms with van der Waals surface area (Å²) in [5.41, 5.74) is 6.02. The largest absolute Gasteiger partial charge is 0.504 e. The van der Waals surface area contributed by atoms with E-state index in [0.29, 0.717) is 5.69 Å². The molecule has 4 N–H and O–H groups in total. The van der Waals surface area contributed by atoms with Gasteiger partial charge in [-0.05, 0) is 36.4 Å². The maximum absolute atomic E-state index is 12.7. The average molecular weight is 413 g/mol. The van der Waals surface area contributed by atoms with E-state index in [9.17, 15) is 27.0 Å². The van der Waals surface area contributed by atoms with E-state index in [1.165, 1.54) is 34.6 Å². The molecule has 1 fully saturated rings. The van der Waals surface area contributed by atoms with Gasteiger partial charge in [-0.25, -0.2) is 16.8 Å². The van der Waals surface area contributed by atoms with Gasteiger partial charge in [0.2, 0.25) is 20.0 Å². The van der Waals surface area contributed by atoms with Gasteiger partial charge in [-0.15, -0.1) is 0 Å². The molecule has 0 aromatic heterocycles. The second kappa shape index (κ2) is 7.00. The lowest BCUT2D eigenvalue weighted by Crippen LogP contribution is -2.50. The minimum Gasteiger partial charge on any atom is -0.504 e. The van der Waals surface area contributed by atoms with Crippen LogP contribution >= 0.6 is 0 Å². The van der Waals surface area contributed by atoms with E-state index in [1.54, 1.807) is 0 Å². The van der Waals surface area contributed by atoms with Crippen molar-refractivity contribution in [1.29, 1.82) is 0 Å². The summed E-state index contributed by atoms with van der Waals surface area (Å²) in [4.78, 5) is -0.0795. The summed E-state index contributed by atoms with van der Waals surface area (Å²) >= 11 is 0. The number of phenols is 2. The van der Waals surface area contributed by atoms with E-state index >= 15 is 0 Å². The molecule has 0 bridgehead atoms. The van der Waals surface area contributed by atoms with Gasteiger partial charge in [-0.2, -0.15) is 8.61 Å². The van der Waals surface area contributed by atoms with Gasteiger partial charge in [0.1, 0.15) is 0 Å². The Morgan fingerprint density at radius 3 is 1.63 bits per heavy atom. The maximum Gasteiger partial charge on any atom is 0.243 e. The number of nitrogens with two attached hydrogens (primary N) is 1. The first-order valence-corrected chi connectivity index (χ1v) is 10.9. The van der Waals surface area contributed by atoms with Crippen LogP contribution in [-0.2, 0) is 20.0 Å². The Morgan fingerprint density at radius 1 is 0.704 bits per heavy atom. The second-order valence-electron chi connectivity index (χ2n) is 6.03. The van der Waals surface area contributed by atoms with Crippen LogP contribution in [-0.4, -0.2) is 61.8 Å². The van der Waals surface area contributed by atoms with Gasteiger partial charge < -0.3 is 15.9 Å². The third-order valence-electron chi connectivity index (χ3n) is 4.30. The molecule has 0 radical (unpaired) electrons. The predicted molar refractivity (Wildman–Crippen MR) is 98.1 cm³/mol. The van der Waals surface area contributed by atoms with E-state index in [2.05, 4.69) is 0 Å². The number of hydrogen-bond donors (Lipinski definition) is 3. The molecule has 1 aliphatic rings. The Labute approximate surface area is 157 Å². The van der Waals surface area contributed by atoms with Crippen LogP contribution in [0, 0.1) is 0 Å². The normalized spacial score (nSPS) is 17.0. The first-order chi connectivity index (χ1) is 12.6. The number of benzene rings is 2. The Morgan fingerprint density at radius 2 is 1.15 bits per heavy atom. The number of sulfonamides is 2. The topological polar surface area (TPSA) is 141 Å². The molecule has 0 amide bonds. The van der Waals surface area contributed by atoms with E-state index in [4.69, 9.17) is 5.73 Å². The molecule has 0 unspecified atom stereocenters. The number of piperazine rings is 1. The van der Waals surface area contributed by atoms with Crippen LogP contribution < -0.4 is 5.73 Å². The summed E-state index contributed by atoms with van der Waals surface area (Å²) in [5.74, 6) is -0.964. The number of phenolic OH excluding ortho intramolecular Hbond substituents is 2. The van der Waals surface area contributed by atoms with E-state index in [-0.39, 0.29) is 36.0 Å². The van der Waals surface area contributed by atoms with Crippen molar-refractivity contribution in [3.63, 3.8) is 0 Å². The molecule has 1 aliphatic heterocycles. The second-order valence-corrected chi connectivity index (χ2v) is 9.90. The van der Waals surface area contributed by atoms with Crippen LogP contribution in [0.1, 0.15) is 0 Å². The van der Waals surface area contributed by atoms with Crippen LogP contribution in [0.3, 0.4) is 0 Å². The molecular formula is C16H19N3O6S2. The molecular weight excluding hydrogens is 394 g/mol. The fourth-order valence-electron chi connectivity index (χ4n) is 2.75. The number of nitrogen functional groups attached to an aromatic ring is 1. The van der Waals surface area contributed by atoms with Gasteiger partial charge in [0, 0.05) is 37.9 Å². The zero-order valence-electron chi connectivity index (χ0n) is 14.2. The van der Waals surface area contributed by atoms with Gasteiger partial charge in [0.25, 0.3) is 0 Å². The van der Waals surface area contributed by atoms with Crippen LogP contribution in [0.4, 0.5) is 5.69 Å². The highest BCUT2D eigenvalue weighted by Crippen LogP contribution is 2.29. The van der Waals surface area contributed by atoms with Gasteiger partial charge in [-0.1, -0.05) is 0 Å². The summed E-state index contributed by atoms with van der Waals surface area (Å²) < 4.78 is 53.0. The minimum atomic E-state index is -3.92. The van der Waals surface area contributed by atoms with Crippen molar-refractivity contribution in [2.24, 2.45) is 0 Å². The Kier molecular flexibility index (Phi) is 5.04. The standard InChI is InChI=1S/C16H19N3O6S2/c17-12-1-3-13(4-2-12)26(22,23)18-7-9-19(10-8-18)27(24,25)14-5-6-15(20)16(21)11-14/h1-6,11,20-21H,7-10,17H2. The molecule has 146 valence electrons. The maximum atomic E-state index is 12.7. The lowest BCUT2D eigenvalue weighted by atomic mass is 10.3. The van der Waals surface area contributed by atoms with Gasteiger partial charge in [-0.3, -0.25) is 0 Å². The summed E-state index contributed by atoms with van der Waals surface area (Å²) in [5, 5.41) is 18.9. The fourth-order valence-corrected chi connectivity index (χ4v) is 5.62. The predicted octanol–water partition coefficient (Wildman–Crippen LogP) is 0.375. The van der Waals surface area contributed by atoms with Crippen molar-refractivity contribution >= 4 is 25.7 Å². The molecule has 0 spiro atoms. The molecule has 0 aliphatic carbocycles. The molecule has 1 heterocycles. The number of hydrogen-bond acceptors (Lipinski definition) is 7. The van der Waals surface area contributed by atoms with Crippen molar-refractivity contribution in [2.75, 3.05) is 31.9 Å². The molecule has 0 saturated carbocycles. The Hall–Kier alpha value is -2.34. The molecule has 2 aromatic carbocycles. The monoisotopic (exact) mass is 413 g/mol. The van der Waals surface area contributed by atoms with Gasteiger partial charge in [0.15, 0.2) is 11.5 Å². The number of aromatic hydroxyl groups is 2. The molecule has 1 saturated heterocycles. The van der Waals surface area contributed by atoms with Gasteiger partial charge >= 0.3 is 0 Å². The molecule has 0 atom stereocenters. The third kappa shape index (κ3) is 3.72. The first kappa shape index (κ1) is 19.4. The van der Waals surface area contributed by atoms with Crippen LogP contribution in [0.15, 0.2) is 52.3 Å². The molecule has 27 heavy (non-hydrogen) atoms. The number of anilines is 1. The Balaban J connectivity index is 1.76. The molecule has 11 heteroatoms. The van der Waals surface area contributed by atoms with E-state index in [0.717, 1.165) is 16.4 Å². The van der Waals surface area contributed by atoms with E-state index < -0.39 is 31.5 Å².